The highest BCUT2D eigenvalue weighted by atomic mass is 79.9. The minimum Gasteiger partial charge on any atom is -0.494 e. The lowest BCUT2D eigenvalue weighted by atomic mass is 9.93. The van der Waals surface area contributed by atoms with Crippen molar-refractivity contribution in [3.63, 3.8) is 0 Å². The third-order valence-electron chi connectivity index (χ3n) is 6.50. The highest BCUT2D eigenvalue weighted by Gasteiger charge is 2.35. The molecular weight excluding hydrogens is 616 g/mol. The molecule has 0 aliphatic carbocycles. The molecule has 0 unspecified atom stereocenters. The summed E-state index contributed by atoms with van der Waals surface area (Å²) in [7, 11) is 0. The lowest BCUT2D eigenvalue weighted by molar-refractivity contribution is -0.138. The van der Waals surface area contributed by atoms with E-state index in [4.69, 9.17) is 19.2 Å². The highest BCUT2D eigenvalue weighted by molar-refractivity contribution is 9.10. The van der Waals surface area contributed by atoms with E-state index < -0.39 is 12.0 Å². The largest absolute Gasteiger partial charge is 0.494 e. The standard InChI is InChI=1S/C33H31BrN2O5S/c1-5-39-24-15-13-23(14-16-24)30-28(32(38)40-6-2)29(22-10-8-7-9-11-22)35-33-36(30)31(37)27(42-33)19-21-12-17-26(25(34)18-21)41-20(3)4/h7-20,30H,5-6H2,1-4H3/b27-19-/t30-/m0/s1. The Bertz CT molecular complexity index is 1810. The summed E-state index contributed by atoms with van der Waals surface area (Å²) in [6, 6.07) is 21.9. The van der Waals surface area contributed by atoms with E-state index >= 15 is 0 Å². The van der Waals surface area contributed by atoms with Gasteiger partial charge in [-0.3, -0.25) is 9.36 Å². The number of nitrogens with zero attached hydrogens (tertiary/aromatic N) is 2. The molecular formula is C33H31BrN2O5S. The third kappa shape index (κ3) is 6.12. The maximum atomic E-state index is 14.1. The number of hydrogen-bond acceptors (Lipinski definition) is 7. The lowest BCUT2D eigenvalue weighted by Gasteiger charge is -2.26. The molecule has 0 radical (unpaired) electrons. The van der Waals surface area contributed by atoms with Crippen LogP contribution in [0.2, 0.25) is 0 Å². The van der Waals surface area contributed by atoms with Crippen LogP contribution in [0.3, 0.4) is 0 Å². The molecule has 216 valence electrons. The van der Waals surface area contributed by atoms with Crippen molar-refractivity contribution in [1.82, 2.24) is 4.57 Å². The van der Waals surface area contributed by atoms with Crippen LogP contribution in [0.25, 0.3) is 11.8 Å². The summed E-state index contributed by atoms with van der Waals surface area (Å²) >= 11 is 4.87. The fourth-order valence-corrected chi connectivity index (χ4v) is 6.27. The molecule has 0 spiro atoms. The van der Waals surface area contributed by atoms with E-state index in [0.29, 0.717) is 33.0 Å². The number of carbonyl (C=O) groups excluding carboxylic acids is 1. The van der Waals surface area contributed by atoms with Gasteiger partial charge in [0.15, 0.2) is 4.80 Å². The van der Waals surface area contributed by atoms with Crippen LogP contribution in [0.1, 0.15) is 50.4 Å². The molecule has 5 rings (SSSR count). The number of aromatic nitrogens is 1. The predicted molar refractivity (Wildman–Crippen MR) is 169 cm³/mol. The Hall–Kier alpha value is -3.95. The second-order valence-electron chi connectivity index (χ2n) is 9.79. The molecule has 1 aromatic heterocycles. The summed E-state index contributed by atoms with van der Waals surface area (Å²) in [5.74, 6) is 0.915. The first kappa shape index (κ1) is 29.5. The molecule has 0 saturated heterocycles. The Morgan fingerprint density at radius 2 is 1.79 bits per heavy atom. The molecule has 1 aliphatic rings. The first-order valence-electron chi connectivity index (χ1n) is 13.8. The number of esters is 1. The van der Waals surface area contributed by atoms with Crippen LogP contribution >= 0.6 is 27.3 Å². The second-order valence-corrected chi connectivity index (χ2v) is 11.7. The van der Waals surface area contributed by atoms with Crippen molar-refractivity contribution >= 4 is 45.0 Å². The fraction of sp³-hybridized carbons (Fsp3) is 0.242. The van der Waals surface area contributed by atoms with Crippen molar-refractivity contribution in [2.75, 3.05) is 13.2 Å². The van der Waals surface area contributed by atoms with Crippen LogP contribution in [0.5, 0.6) is 11.5 Å². The van der Waals surface area contributed by atoms with Crippen molar-refractivity contribution in [2.45, 2.75) is 39.8 Å². The average molecular weight is 648 g/mol. The first-order chi connectivity index (χ1) is 20.3. The summed E-state index contributed by atoms with van der Waals surface area (Å²) in [6.07, 6.45) is 1.87. The van der Waals surface area contributed by atoms with E-state index in [9.17, 15) is 9.59 Å². The Morgan fingerprint density at radius 3 is 2.43 bits per heavy atom. The van der Waals surface area contributed by atoms with Crippen LogP contribution in [-0.4, -0.2) is 29.9 Å². The van der Waals surface area contributed by atoms with Gasteiger partial charge in [0.25, 0.3) is 5.56 Å². The zero-order valence-corrected chi connectivity index (χ0v) is 26.2. The monoisotopic (exact) mass is 646 g/mol. The summed E-state index contributed by atoms with van der Waals surface area (Å²) < 4.78 is 19.9. The SMILES string of the molecule is CCOC(=O)C1=C(c2ccccc2)N=c2s/c(=C\c3ccc(OC(C)C)c(Br)c3)c(=O)n2[C@H]1c1ccc(OCC)cc1. The van der Waals surface area contributed by atoms with Gasteiger partial charge in [0.1, 0.15) is 11.5 Å². The average Bonchev–Trinajstić information content (AvgIpc) is 3.29. The molecule has 0 fully saturated rings. The maximum Gasteiger partial charge on any atom is 0.338 e. The predicted octanol–water partition coefficient (Wildman–Crippen LogP) is 5.88. The summed E-state index contributed by atoms with van der Waals surface area (Å²) in [4.78, 5) is 33.1. The smallest absolute Gasteiger partial charge is 0.338 e. The lowest BCUT2D eigenvalue weighted by Crippen LogP contribution is -2.40. The summed E-state index contributed by atoms with van der Waals surface area (Å²) in [6.45, 7) is 8.34. The van der Waals surface area contributed by atoms with Crippen molar-refractivity contribution in [3.05, 3.63) is 119 Å². The van der Waals surface area contributed by atoms with Crippen molar-refractivity contribution in [3.8, 4) is 11.5 Å². The van der Waals surface area contributed by atoms with E-state index in [-0.39, 0.29) is 18.3 Å². The molecule has 0 bridgehead atoms. The molecule has 9 heteroatoms. The normalized spacial score (nSPS) is 14.9. The van der Waals surface area contributed by atoms with Gasteiger partial charge >= 0.3 is 5.97 Å². The third-order valence-corrected chi connectivity index (χ3v) is 8.10. The van der Waals surface area contributed by atoms with E-state index in [1.165, 1.54) is 11.3 Å². The summed E-state index contributed by atoms with van der Waals surface area (Å²) in [5, 5.41) is 0. The van der Waals surface area contributed by atoms with E-state index in [0.717, 1.165) is 26.9 Å². The maximum absolute atomic E-state index is 14.1. The van der Waals surface area contributed by atoms with Crippen molar-refractivity contribution < 1.29 is 19.0 Å². The van der Waals surface area contributed by atoms with Gasteiger partial charge < -0.3 is 14.2 Å². The van der Waals surface area contributed by atoms with Gasteiger partial charge in [-0.2, -0.15) is 0 Å². The molecule has 2 heterocycles. The zero-order chi connectivity index (χ0) is 29.8. The van der Waals surface area contributed by atoms with Crippen molar-refractivity contribution in [2.24, 2.45) is 4.99 Å². The number of fused-ring (bicyclic) bond motifs is 1. The fourth-order valence-electron chi connectivity index (χ4n) is 4.78. The quantitative estimate of drug-likeness (QED) is 0.212. The number of thiazole rings is 1. The molecule has 1 aliphatic heterocycles. The van der Waals surface area contributed by atoms with Gasteiger partial charge in [0, 0.05) is 5.56 Å². The Balaban J connectivity index is 1.74. The molecule has 0 saturated carbocycles. The molecule has 1 atom stereocenters. The number of benzene rings is 3. The van der Waals surface area contributed by atoms with Gasteiger partial charge in [-0.1, -0.05) is 59.9 Å². The number of hydrogen-bond donors (Lipinski definition) is 0. The van der Waals surface area contributed by atoms with Gasteiger partial charge in [-0.25, -0.2) is 9.79 Å². The number of rotatable bonds is 9. The highest BCUT2D eigenvalue weighted by Crippen LogP contribution is 2.36. The van der Waals surface area contributed by atoms with Gasteiger partial charge in [0.05, 0.1) is 45.6 Å². The summed E-state index contributed by atoms with van der Waals surface area (Å²) in [5.41, 5.74) is 2.89. The Morgan fingerprint density at radius 1 is 1.05 bits per heavy atom. The van der Waals surface area contributed by atoms with Crippen molar-refractivity contribution in [1.29, 1.82) is 0 Å². The second kappa shape index (κ2) is 12.9. The Labute approximate surface area is 256 Å². The molecule has 42 heavy (non-hydrogen) atoms. The molecule has 3 aromatic carbocycles. The molecule has 7 nitrogen and oxygen atoms in total. The van der Waals surface area contributed by atoms with Crippen LogP contribution in [0, 0.1) is 0 Å². The molecule has 4 aromatic rings. The van der Waals surface area contributed by atoms with Crippen LogP contribution in [0.15, 0.2) is 92.6 Å². The zero-order valence-electron chi connectivity index (χ0n) is 23.8. The van der Waals surface area contributed by atoms with Gasteiger partial charge in [0.2, 0.25) is 0 Å². The minimum atomic E-state index is -0.748. The Kier molecular flexibility index (Phi) is 9.09. The first-order valence-corrected chi connectivity index (χ1v) is 15.4. The van der Waals surface area contributed by atoms with E-state index in [1.807, 2.05) is 99.6 Å². The number of carbonyl (C=O) groups is 1. The number of ether oxygens (including phenoxy) is 3. The van der Waals surface area contributed by atoms with Gasteiger partial charge in [-0.05, 0) is 85.1 Å². The number of halogens is 1. The topological polar surface area (TPSA) is 79.1 Å². The molecule has 0 amide bonds. The van der Waals surface area contributed by atoms with Crippen LogP contribution in [-0.2, 0) is 9.53 Å². The van der Waals surface area contributed by atoms with Crippen LogP contribution < -0.4 is 24.4 Å². The van der Waals surface area contributed by atoms with Crippen LogP contribution in [0.4, 0.5) is 0 Å². The minimum absolute atomic E-state index is 0.0332. The van der Waals surface area contributed by atoms with E-state index in [1.54, 1.807) is 11.5 Å². The van der Waals surface area contributed by atoms with E-state index in [2.05, 4.69) is 15.9 Å². The molecule has 0 N–H and O–H groups in total. The van der Waals surface area contributed by atoms with Gasteiger partial charge in [-0.15, -0.1) is 0 Å².